The zero-order valence-corrected chi connectivity index (χ0v) is 12.4. The predicted molar refractivity (Wildman–Crippen MR) is 83.1 cm³/mol. The van der Waals surface area contributed by atoms with Crippen molar-refractivity contribution >= 4 is 5.78 Å². The topological polar surface area (TPSA) is 58.7 Å². The molecule has 0 amide bonds. The van der Waals surface area contributed by atoms with Gasteiger partial charge in [0.2, 0.25) is 0 Å². The van der Waals surface area contributed by atoms with E-state index in [-0.39, 0.29) is 12.1 Å². The fourth-order valence-corrected chi connectivity index (χ4v) is 2.28. The van der Waals surface area contributed by atoms with Crippen LogP contribution in [0, 0.1) is 23.0 Å². The van der Waals surface area contributed by atoms with E-state index >= 15 is 0 Å². The van der Waals surface area contributed by atoms with Gasteiger partial charge in [-0.2, -0.15) is 5.26 Å². The van der Waals surface area contributed by atoms with Crippen molar-refractivity contribution in [3.63, 3.8) is 0 Å². The summed E-state index contributed by atoms with van der Waals surface area (Å²) in [6.07, 6.45) is 3.12. The van der Waals surface area contributed by atoms with Crippen molar-refractivity contribution in [2.24, 2.45) is 0 Å². The lowest BCUT2D eigenvalue weighted by Crippen LogP contribution is -2.11. The molecule has 1 aromatic heterocycles. The number of ketones is 1. The summed E-state index contributed by atoms with van der Waals surface area (Å²) < 4.78 is 28.1. The van der Waals surface area contributed by atoms with Crippen LogP contribution in [0.15, 0.2) is 55.0 Å². The first kappa shape index (κ1) is 15.6. The Morgan fingerprint density at radius 3 is 2.58 bits per heavy atom. The molecule has 0 aliphatic heterocycles. The molecule has 0 atom stereocenters. The summed E-state index contributed by atoms with van der Waals surface area (Å²) in [7, 11) is 0. The summed E-state index contributed by atoms with van der Waals surface area (Å²) in [5.41, 5.74) is 1.81. The molecule has 0 saturated heterocycles. The first-order valence-corrected chi connectivity index (χ1v) is 7.07. The lowest BCUT2D eigenvalue weighted by molar-refractivity contribution is 0.0968. The summed E-state index contributed by atoms with van der Waals surface area (Å²) in [5.74, 6) is -2.08. The van der Waals surface area contributed by atoms with E-state index in [4.69, 9.17) is 5.26 Å². The van der Waals surface area contributed by atoms with Crippen LogP contribution in [0.5, 0.6) is 0 Å². The highest BCUT2D eigenvalue weighted by Gasteiger charge is 2.13. The van der Waals surface area contributed by atoms with Gasteiger partial charge in [-0.25, -0.2) is 13.8 Å². The number of imidazole rings is 1. The summed E-state index contributed by atoms with van der Waals surface area (Å²) >= 11 is 0. The van der Waals surface area contributed by atoms with Gasteiger partial charge < -0.3 is 4.57 Å². The molecule has 0 unspecified atom stereocenters. The molecule has 0 saturated carbocycles. The molecule has 2 aromatic carbocycles. The van der Waals surface area contributed by atoms with Gasteiger partial charge in [-0.15, -0.1) is 0 Å². The Bertz CT molecular complexity index is 940. The summed E-state index contributed by atoms with van der Waals surface area (Å²) in [6.45, 7) is -0.105. The van der Waals surface area contributed by atoms with E-state index in [0.29, 0.717) is 17.3 Å². The van der Waals surface area contributed by atoms with Crippen molar-refractivity contribution in [2.75, 3.05) is 0 Å². The van der Waals surface area contributed by atoms with Gasteiger partial charge >= 0.3 is 0 Å². The first-order chi connectivity index (χ1) is 11.6. The van der Waals surface area contributed by atoms with Gasteiger partial charge in [0.25, 0.3) is 0 Å². The van der Waals surface area contributed by atoms with Crippen LogP contribution in [0.25, 0.3) is 11.3 Å². The maximum atomic E-state index is 13.6. The lowest BCUT2D eigenvalue weighted by atomic mass is 10.1. The average molecular weight is 323 g/mol. The van der Waals surface area contributed by atoms with Crippen molar-refractivity contribution in [1.82, 2.24) is 9.55 Å². The minimum atomic E-state index is -0.882. The first-order valence-electron chi connectivity index (χ1n) is 7.07. The lowest BCUT2D eigenvalue weighted by Gasteiger charge is -2.03. The third-order valence-electron chi connectivity index (χ3n) is 3.50. The van der Waals surface area contributed by atoms with Crippen molar-refractivity contribution in [2.45, 2.75) is 6.54 Å². The number of rotatable bonds is 4. The molecule has 118 valence electrons. The van der Waals surface area contributed by atoms with Crippen LogP contribution in [-0.4, -0.2) is 15.3 Å². The molecule has 0 aliphatic rings. The van der Waals surface area contributed by atoms with Crippen molar-refractivity contribution in [3.8, 4) is 17.3 Å². The van der Waals surface area contributed by atoms with Crippen LogP contribution >= 0.6 is 0 Å². The SMILES string of the molecule is N#Cc1ccc(-c2cn(CC(=O)c3ccc(F)cc3F)cn2)cc1. The Morgan fingerprint density at radius 1 is 1.17 bits per heavy atom. The Balaban J connectivity index is 1.78. The number of aromatic nitrogens is 2. The van der Waals surface area contributed by atoms with E-state index in [1.807, 2.05) is 6.07 Å². The van der Waals surface area contributed by atoms with Gasteiger partial charge in [-0.3, -0.25) is 4.79 Å². The number of hydrogen-bond acceptors (Lipinski definition) is 3. The van der Waals surface area contributed by atoms with E-state index in [1.165, 1.54) is 10.9 Å². The zero-order valence-electron chi connectivity index (χ0n) is 12.4. The molecular formula is C18H11F2N3O. The fraction of sp³-hybridized carbons (Fsp3) is 0.0556. The predicted octanol–water partition coefficient (Wildman–Crippen LogP) is 3.58. The highest BCUT2D eigenvalue weighted by Crippen LogP contribution is 2.18. The monoisotopic (exact) mass is 323 g/mol. The standard InChI is InChI=1S/C18H11F2N3O/c19-14-5-6-15(16(20)7-14)18(24)10-23-9-17(22-11-23)13-3-1-12(8-21)2-4-13/h1-7,9,11H,10H2. The number of benzene rings is 2. The number of carbonyl (C=O) groups excluding carboxylic acids is 1. The van der Waals surface area contributed by atoms with Gasteiger partial charge in [0.05, 0.1) is 35.8 Å². The van der Waals surface area contributed by atoms with Crippen LogP contribution in [-0.2, 0) is 6.54 Å². The number of Topliss-reactive ketones (excluding diaryl/α,β-unsaturated/α-hetero) is 1. The van der Waals surface area contributed by atoms with Crippen LogP contribution in [0.4, 0.5) is 8.78 Å². The Labute approximate surface area is 136 Å². The number of carbonyl (C=O) groups is 1. The van der Waals surface area contributed by atoms with Gasteiger partial charge in [-0.05, 0) is 24.3 Å². The molecule has 0 fully saturated rings. The van der Waals surface area contributed by atoms with Crippen molar-refractivity contribution in [3.05, 3.63) is 77.8 Å². The highest BCUT2D eigenvalue weighted by atomic mass is 19.1. The molecule has 0 bridgehead atoms. The number of nitrogens with zero attached hydrogens (tertiary/aromatic N) is 3. The van der Waals surface area contributed by atoms with E-state index in [9.17, 15) is 13.6 Å². The second-order valence-electron chi connectivity index (χ2n) is 5.17. The molecule has 0 aliphatic carbocycles. The van der Waals surface area contributed by atoms with Gasteiger partial charge in [0.15, 0.2) is 5.78 Å². The maximum absolute atomic E-state index is 13.6. The van der Waals surface area contributed by atoms with Crippen LogP contribution in [0.1, 0.15) is 15.9 Å². The highest BCUT2D eigenvalue weighted by molar-refractivity contribution is 5.96. The summed E-state index contributed by atoms with van der Waals surface area (Å²) in [5, 5.41) is 8.79. The summed E-state index contributed by atoms with van der Waals surface area (Å²) in [6, 6.07) is 11.8. The quantitative estimate of drug-likeness (QED) is 0.690. The maximum Gasteiger partial charge on any atom is 0.185 e. The van der Waals surface area contributed by atoms with Gasteiger partial charge in [0, 0.05) is 17.8 Å². The zero-order chi connectivity index (χ0) is 17.1. The van der Waals surface area contributed by atoms with Crippen molar-refractivity contribution < 1.29 is 13.6 Å². The molecule has 0 spiro atoms. The molecule has 6 heteroatoms. The number of hydrogen-bond donors (Lipinski definition) is 0. The Morgan fingerprint density at radius 2 is 1.92 bits per heavy atom. The largest absolute Gasteiger partial charge is 0.329 e. The normalized spacial score (nSPS) is 10.4. The molecule has 4 nitrogen and oxygen atoms in total. The molecular weight excluding hydrogens is 312 g/mol. The minimum Gasteiger partial charge on any atom is -0.329 e. The van der Waals surface area contributed by atoms with Crippen LogP contribution in [0.3, 0.4) is 0 Å². The van der Waals surface area contributed by atoms with E-state index < -0.39 is 17.4 Å². The Kier molecular flexibility index (Phi) is 4.17. The van der Waals surface area contributed by atoms with Gasteiger partial charge in [0.1, 0.15) is 11.6 Å². The number of halogens is 2. The third-order valence-corrected chi connectivity index (χ3v) is 3.50. The second-order valence-corrected chi connectivity index (χ2v) is 5.17. The molecule has 0 radical (unpaired) electrons. The van der Waals surface area contributed by atoms with E-state index in [1.54, 1.807) is 30.5 Å². The molecule has 3 rings (SSSR count). The second kappa shape index (κ2) is 6.42. The molecule has 0 N–H and O–H groups in total. The minimum absolute atomic E-state index is 0.105. The fourth-order valence-electron chi connectivity index (χ4n) is 2.28. The molecule has 1 heterocycles. The third kappa shape index (κ3) is 3.20. The Hall–Kier alpha value is -3.33. The average Bonchev–Trinajstić information content (AvgIpc) is 3.03. The summed E-state index contributed by atoms with van der Waals surface area (Å²) in [4.78, 5) is 16.3. The van der Waals surface area contributed by atoms with E-state index in [0.717, 1.165) is 17.7 Å². The van der Waals surface area contributed by atoms with Crippen molar-refractivity contribution in [1.29, 1.82) is 5.26 Å². The smallest absolute Gasteiger partial charge is 0.185 e. The molecule has 24 heavy (non-hydrogen) atoms. The van der Waals surface area contributed by atoms with Gasteiger partial charge in [-0.1, -0.05) is 12.1 Å². The molecule has 3 aromatic rings. The number of nitriles is 1. The van der Waals surface area contributed by atoms with Crippen LogP contribution < -0.4 is 0 Å². The van der Waals surface area contributed by atoms with Crippen LogP contribution in [0.2, 0.25) is 0 Å². The van der Waals surface area contributed by atoms with E-state index in [2.05, 4.69) is 4.98 Å².